The summed E-state index contributed by atoms with van der Waals surface area (Å²) in [5.41, 5.74) is 2.73. The molecule has 1 fully saturated rings. The Morgan fingerprint density at radius 1 is 1.25 bits per heavy atom. The van der Waals surface area contributed by atoms with Gasteiger partial charge in [0.2, 0.25) is 11.8 Å². The van der Waals surface area contributed by atoms with Crippen LogP contribution in [-0.4, -0.2) is 34.5 Å². The zero-order valence-electron chi connectivity index (χ0n) is 15.6. The van der Waals surface area contributed by atoms with Gasteiger partial charge in [-0.05, 0) is 37.3 Å². The minimum absolute atomic E-state index is 0.0566. The molecule has 0 radical (unpaired) electrons. The van der Waals surface area contributed by atoms with Gasteiger partial charge in [0.1, 0.15) is 5.82 Å². The largest absolute Gasteiger partial charge is 0.354 e. The number of nitrogens with zero attached hydrogens (tertiary/aromatic N) is 3. The predicted molar refractivity (Wildman–Crippen MR) is 109 cm³/mol. The number of imidazole rings is 1. The summed E-state index contributed by atoms with van der Waals surface area (Å²) in [4.78, 5) is 31.1. The molecular weight excluding hydrogens is 376 g/mol. The quantitative estimate of drug-likeness (QED) is 0.720. The van der Waals surface area contributed by atoms with E-state index < -0.39 is 0 Å². The number of carbonyl (C=O) groups excluding carboxylic acids is 2. The van der Waals surface area contributed by atoms with Crippen LogP contribution >= 0.6 is 11.6 Å². The number of rotatable bonds is 5. The fourth-order valence-electron chi connectivity index (χ4n) is 3.69. The molecule has 28 heavy (non-hydrogen) atoms. The number of nitrogens with one attached hydrogen (secondary N) is 1. The van der Waals surface area contributed by atoms with Crippen molar-refractivity contribution >= 4 is 40.1 Å². The third-order valence-corrected chi connectivity index (χ3v) is 5.33. The Bertz CT molecular complexity index is 1050. The topological polar surface area (TPSA) is 67.2 Å². The van der Waals surface area contributed by atoms with Crippen molar-refractivity contribution in [2.75, 3.05) is 18.0 Å². The first-order chi connectivity index (χ1) is 13.5. The van der Waals surface area contributed by atoms with E-state index in [4.69, 9.17) is 11.6 Å². The third kappa shape index (κ3) is 3.60. The lowest BCUT2D eigenvalue weighted by atomic mass is 10.1. The Morgan fingerprint density at radius 3 is 2.89 bits per heavy atom. The standard InChI is InChI=1S/C21H21ClN4O2/c1-14-24-18-7-2-3-8-19(18)25(14)10-9-23-21(28)15-11-20(27)26(13-15)17-6-4-5-16(22)12-17/h2-8,12,15H,9-11,13H2,1H3,(H,23,28). The second-order valence-corrected chi connectivity index (χ2v) is 7.41. The van der Waals surface area contributed by atoms with Crippen LogP contribution in [0.1, 0.15) is 12.2 Å². The lowest BCUT2D eigenvalue weighted by Crippen LogP contribution is -2.34. The van der Waals surface area contributed by atoms with Crippen LogP contribution < -0.4 is 10.2 Å². The van der Waals surface area contributed by atoms with Crippen LogP contribution in [0.2, 0.25) is 5.02 Å². The summed E-state index contributed by atoms with van der Waals surface area (Å²) in [5.74, 6) is 0.407. The molecule has 1 aliphatic heterocycles. The maximum absolute atomic E-state index is 12.6. The molecule has 0 saturated carbocycles. The van der Waals surface area contributed by atoms with Gasteiger partial charge in [0.25, 0.3) is 0 Å². The smallest absolute Gasteiger partial charge is 0.227 e. The van der Waals surface area contributed by atoms with Gasteiger partial charge in [-0.25, -0.2) is 4.98 Å². The number of hydrogen-bond acceptors (Lipinski definition) is 3. The molecule has 2 heterocycles. The Hall–Kier alpha value is -2.86. The SMILES string of the molecule is Cc1nc2ccccc2n1CCNC(=O)C1CC(=O)N(c2cccc(Cl)c2)C1. The van der Waals surface area contributed by atoms with Crippen LogP contribution in [-0.2, 0) is 16.1 Å². The lowest BCUT2D eigenvalue weighted by Gasteiger charge is -2.17. The monoisotopic (exact) mass is 396 g/mol. The average Bonchev–Trinajstić information content (AvgIpc) is 3.22. The van der Waals surface area contributed by atoms with Crippen LogP contribution in [0.3, 0.4) is 0 Å². The van der Waals surface area contributed by atoms with Crippen LogP contribution in [0.15, 0.2) is 48.5 Å². The van der Waals surface area contributed by atoms with Crippen molar-refractivity contribution in [2.45, 2.75) is 19.9 Å². The van der Waals surface area contributed by atoms with E-state index in [0.29, 0.717) is 24.7 Å². The number of anilines is 1. The van der Waals surface area contributed by atoms with Gasteiger partial charge in [-0.15, -0.1) is 0 Å². The van der Waals surface area contributed by atoms with Crippen LogP contribution in [0.5, 0.6) is 0 Å². The molecule has 2 amide bonds. The molecule has 3 aromatic rings. The van der Waals surface area contributed by atoms with Gasteiger partial charge in [-0.2, -0.15) is 0 Å². The minimum Gasteiger partial charge on any atom is -0.354 e. The van der Waals surface area contributed by atoms with Crippen LogP contribution in [0.4, 0.5) is 5.69 Å². The van der Waals surface area contributed by atoms with Gasteiger partial charge in [0.15, 0.2) is 0 Å². The molecule has 1 atom stereocenters. The normalized spacial score (nSPS) is 16.7. The number of amides is 2. The molecule has 1 N–H and O–H groups in total. The summed E-state index contributed by atoms with van der Waals surface area (Å²) in [6.07, 6.45) is 0.214. The molecule has 0 bridgehead atoms. The molecule has 1 unspecified atom stereocenters. The summed E-state index contributed by atoms with van der Waals surface area (Å²) in [6.45, 7) is 3.46. The summed E-state index contributed by atoms with van der Waals surface area (Å²) in [7, 11) is 0. The highest BCUT2D eigenvalue weighted by atomic mass is 35.5. The molecule has 6 nitrogen and oxygen atoms in total. The number of para-hydroxylation sites is 2. The molecule has 4 rings (SSSR count). The highest BCUT2D eigenvalue weighted by molar-refractivity contribution is 6.31. The van der Waals surface area contributed by atoms with E-state index in [0.717, 1.165) is 22.5 Å². The van der Waals surface area contributed by atoms with Crippen molar-refractivity contribution in [1.82, 2.24) is 14.9 Å². The van der Waals surface area contributed by atoms with E-state index in [1.807, 2.05) is 37.3 Å². The molecule has 7 heteroatoms. The summed E-state index contributed by atoms with van der Waals surface area (Å²) >= 11 is 6.02. The Labute approximate surface area is 168 Å². The number of benzene rings is 2. The van der Waals surface area contributed by atoms with Gasteiger partial charge >= 0.3 is 0 Å². The molecule has 0 spiro atoms. The van der Waals surface area contributed by atoms with E-state index in [1.54, 1.807) is 23.1 Å². The van der Waals surface area contributed by atoms with Gasteiger partial charge in [-0.3, -0.25) is 9.59 Å². The minimum atomic E-state index is -0.355. The van der Waals surface area contributed by atoms with Crippen LogP contribution in [0, 0.1) is 12.8 Å². The number of fused-ring (bicyclic) bond motifs is 1. The predicted octanol–water partition coefficient (Wildman–Crippen LogP) is 3.17. The highest BCUT2D eigenvalue weighted by Gasteiger charge is 2.35. The molecule has 1 saturated heterocycles. The first-order valence-electron chi connectivity index (χ1n) is 9.28. The second-order valence-electron chi connectivity index (χ2n) is 6.98. The van der Waals surface area contributed by atoms with Gasteiger partial charge < -0.3 is 14.8 Å². The van der Waals surface area contributed by atoms with E-state index >= 15 is 0 Å². The van der Waals surface area contributed by atoms with Gasteiger partial charge in [0, 0.05) is 36.8 Å². The van der Waals surface area contributed by atoms with Crippen molar-refractivity contribution in [1.29, 1.82) is 0 Å². The van der Waals surface area contributed by atoms with Crippen molar-refractivity contribution < 1.29 is 9.59 Å². The molecule has 2 aromatic carbocycles. The number of halogens is 1. The van der Waals surface area contributed by atoms with E-state index in [-0.39, 0.29) is 24.2 Å². The molecule has 1 aromatic heterocycles. The number of hydrogen-bond donors (Lipinski definition) is 1. The number of carbonyl (C=O) groups is 2. The fraction of sp³-hybridized carbons (Fsp3) is 0.286. The molecular formula is C21H21ClN4O2. The highest BCUT2D eigenvalue weighted by Crippen LogP contribution is 2.27. The Morgan fingerprint density at radius 2 is 2.07 bits per heavy atom. The summed E-state index contributed by atoms with van der Waals surface area (Å²) < 4.78 is 2.09. The Kier molecular flexibility index (Phi) is 5.05. The second kappa shape index (κ2) is 7.64. The number of aromatic nitrogens is 2. The van der Waals surface area contributed by atoms with E-state index in [9.17, 15) is 9.59 Å². The zero-order valence-corrected chi connectivity index (χ0v) is 16.3. The first-order valence-corrected chi connectivity index (χ1v) is 9.66. The summed E-state index contributed by atoms with van der Waals surface area (Å²) in [6, 6.07) is 15.1. The third-order valence-electron chi connectivity index (χ3n) is 5.10. The maximum Gasteiger partial charge on any atom is 0.227 e. The lowest BCUT2D eigenvalue weighted by molar-refractivity contribution is -0.126. The van der Waals surface area contributed by atoms with E-state index in [1.165, 1.54) is 0 Å². The van der Waals surface area contributed by atoms with Crippen LogP contribution in [0.25, 0.3) is 11.0 Å². The molecule has 0 aliphatic carbocycles. The van der Waals surface area contributed by atoms with E-state index in [2.05, 4.69) is 14.9 Å². The molecule has 1 aliphatic rings. The van der Waals surface area contributed by atoms with Crippen molar-refractivity contribution in [3.63, 3.8) is 0 Å². The van der Waals surface area contributed by atoms with Crippen molar-refractivity contribution in [3.05, 3.63) is 59.4 Å². The summed E-state index contributed by atoms with van der Waals surface area (Å²) in [5, 5.41) is 3.54. The molecule has 144 valence electrons. The zero-order chi connectivity index (χ0) is 19.7. The fourth-order valence-corrected chi connectivity index (χ4v) is 3.87. The number of aryl methyl sites for hydroxylation is 1. The van der Waals surface area contributed by atoms with Gasteiger partial charge in [0.05, 0.1) is 17.0 Å². The van der Waals surface area contributed by atoms with Crippen molar-refractivity contribution in [3.8, 4) is 0 Å². The average molecular weight is 397 g/mol. The van der Waals surface area contributed by atoms with Gasteiger partial charge in [-0.1, -0.05) is 29.8 Å². The van der Waals surface area contributed by atoms with Crippen molar-refractivity contribution in [2.24, 2.45) is 5.92 Å². The maximum atomic E-state index is 12.6. The first kappa shape index (κ1) is 18.5. The Balaban J connectivity index is 1.37.